The fourth-order valence-electron chi connectivity index (χ4n) is 2.64. The maximum Gasteiger partial charge on any atom is 0.257 e. The Morgan fingerprint density at radius 2 is 1.78 bits per heavy atom. The number of nitrogens with one attached hydrogen (secondary N) is 1. The fourth-order valence-corrected chi connectivity index (χ4v) is 3.16. The topological polar surface area (TPSA) is 128 Å². The van der Waals surface area contributed by atoms with Gasteiger partial charge in [0.1, 0.15) is 0 Å². The number of nitrogens with two attached hydrogens (primary N) is 1. The van der Waals surface area contributed by atoms with Crippen LogP contribution in [0.15, 0.2) is 41.6 Å². The molecule has 2 heterocycles. The van der Waals surface area contributed by atoms with Gasteiger partial charge in [-0.15, -0.1) is 0 Å². The van der Waals surface area contributed by atoms with Crippen LogP contribution >= 0.6 is 0 Å². The van der Waals surface area contributed by atoms with Crippen molar-refractivity contribution in [3.63, 3.8) is 0 Å². The summed E-state index contributed by atoms with van der Waals surface area (Å²) < 4.78 is 27.7. The van der Waals surface area contributed by atoms with Crippen LogP contribution in [0.1, 0.15) is 15.9 Å². The summed E-state index contributed by atoms with van der Waals surface area (Å²) in [6.45, 7) is 2.80. The number of hydrogen-bond donors (Lipinski definition) is 2. The van der Waals surface area contributed by atoms with Crippen LogP contribution in [0.3, 0.4) is 0 Å². The predicted molar refractivity (Wildman–Crippen MR) is 98.8 cm³/mol. The van der Waals surface area contributed by atoms with Gasteiger partial charge in [-0.25, -0.2) is 23.5 Å². The van der Waals surface area contributed by atoms with Crippen molar-refractivity contribution in [3.05, 3.63) is 47.8 Å². The molecule has 0 unspecified atom stereocenters. The van der Waals surface area contributed by atoms with Crippen LogP contribution in [0, 0.1) is 0 Å². The van der Waals surface area contributed by atoms with Gasteiger partial charge in [0.25, 0.3) is 5.91 Å². The molecular formula is C17H21N5O4S. The van der Waals surface area contributed by atoms with E-state index in [1.165, 1.54) is 24.5 Å². The van der Waals surface area contributed by atoms with E-state index in [-0.39, 0.29) is 10.8 Å². The van der Waals surface area contributed by atoms with Crippen molar-refractivity contribution < 1.29 is 17.9 Å². The van der Waals surface area contributed by atoms with Gasteiger partial charge in [0.15, 0.2) is 0 Å². The van der Waals surface area contributed by atoms with Gasteiger partial charge in [-0.1, -0.05) is 12.1 Å². The molecule has 1 saturated heterocycles. The van der Waals surface area contributed by atoms with Crippen molar-refractivity contribution in [1.82, 2.24) is 14.9 Å². The Labute approximate surface area is 157 Å². The Morgan fingerprint density at radius 1 is 1.15 bits per heavy atom. The standard InChI is InChI=1S/C17H21N5O4S/c18-27(24,25)15-3-1-13(2-4-15)5-6-19-17-20-11-14(12-21-17)16(23)22-7-9-26-10-8-22/h1-4,11-12H,5-10H2,(H2,18,24,25)(H,19,20,21). The Kier molecular flexibility index (Phi) is 5.99. The number of amides is 1. The maximum atomic E-state index is 12.3. The van der Waals surface area contributed by atoms with Gasteiger partial charge in [-0.2, -0.15) is 0 Å². The lowest BCUT2D eigenvalue weighted by atomic mass is 10.1. The zero-order chi connectivity index (χ0) is 19.3. The minimum Gasteiger partial charge on any atom is -0.378 e. The van der Waals surface area contributed by atoms with E-state index < -0.39 is 10.0 Å². The van der Waals surface area contributed by atoms with E-state index in [0.717, 1.165) is 5.56 Å². The number of aromatic nitrogens is 2. The van der Waals surface area contributed by atoms with Gasteiger partial charge < -0.3 is 15.0 Å². The monoisotopic (exact) mass is 391 g/mol. The van der Waals surface area contributed by atoms with E-state index in [1.807, 2.05) is 0 Å². The Hall–Kier alpha value is -2.56. The summed E-state index contributed by atoms with van der Waals surface area (Å²) in [6.07, 6.45) is 3.67. The molecule has 144 valence electrons. The lowest BCUT2D eigenvalue weighted by Gasteiger charge is -2.26. The molecule has 3 N–H and O–H groups in total. The van der Waals surface area contributed by atoms with E-state index in [0.29, 0.717) is 50.8 Å². The molecular weight excluding hydrogens is 370 g/mol. The third-order valence-electron chi connectivity index (χ3n) is 4.15. The summed E-state index contributed by atoms with van der Waals surface area (Å²) in [5.74, 6) is 0.328. The number of ether oxygens (including phenoxy) is 1. The number of carbonyl (C=O) groups is 1. The van der Waals surface area contributed by atoms with Crippen molar-refractivity contribution >= 4 is 21.9 Å². The van der Waals surface area contributed by atoms with Crippen molar-refractivity contribution in [1.29, 1.82) is 0 Å². The number of nitrogens with zero attached hydrogens (tertiary/aromatic N) is 3. The Morgan fingerprint density at radius 3 is 2.37 bits per heavy atom. The van der Waals surface area contributed by atoms with Gasteiger partial charge in [0.2, 0.25) is 16.0 Å². The molecule has 0 spiro atoms. The lowest BCUT2D eigenvalue weighted by molar-refractivity contribution is 0.0302. The summed E-state index contributed by atoms with van der Waals surface area (Å²) in [5.41, 5.74) is 1.40. The minimum atomic E-state index is -3.68. The van der Waals surface area contributed by atoms with Crippen LogP contribution in [-0.4, -0.2) is 62.0 Å². The Bertz CT molecular complexity index is 879. The van der Waals surface area contributed by atoms with Crippen LogP contribution < -0.4 is 10.5 Å². The molecule has 10 heteroatoms. The molecule has 0 aliphatic carbocycles. The number of carbonyl (C=O) groups excluding carboxylic acids is 1. The SMILES string of the molecule is NS(=O)(=O)c1ccc(CCNc2ncc(C(=O)N3CCOCC3)cn2)cc1. The molecule has 2 aromatic rings. The second-order valence-corrected chi connectivity index (χ2v) is 7.63. The molecule has 0 atom stereocenters. The average molecular weight is 391 g/mol. The van der Waals surface area contributed by atoms with E-state index in [1.54, 1.807) is 17.0 Å². The van der Waals surface area contributed by atoms with Gasteiger partial charge in [-0.3, -0.25) is 4.79 Å². The van der Waals surface area contributed by atoms with Gasteiger partial charge in [-0.05, 0) is 24.1 Å². The number of benzene rings is 1. The number of hydrogen-bond acceptors (Lipinski definition) is 7. The van der Waals surface area contributed by atoms with E-state index in [2.05, 4.69) is 15.3 Å². The zero-order valence-electron chi connectivity index (χ0n) is 14.7. The highest BCUT2D eigenvalue weighted by molar-refractivity contribution is 7.89. The molecule has 1 aliphatic heterocycles. The molecule has 0 saturated carbocycles. The first kappa shape index (κ1) is 19.2. The van der Waals surface area contributed by atoms with Gasteiger partial charge in [0.05, 0.1) is 23.7 Å². The summed E-state index contributed by atoms with van der Waals surface area (Å²) in [5, 5.41) is 8.15. The molecule has 1 amide bonds. The third kappa shape index (κ3) is 5.22. The fraction of sp³-hybridized carbons (Fsp3) is 0.353. The highest BCUT2D eigenvalue weighted by Gasteiger charge is 2.19. The quantitative estimate of drug-likeness (QED) is 0.722. The molecule has 1 fully saturated rings. The first-order valence-electron chi connectivity index (χ1n) is 8.48. The van der Waals surface area contributed by atoms with Crippen LogP contribution in [-0.2, 0) is 21.2 Å². The first-order valence-corrected chi connectivity index (χ1v) is 10.0. The largest absolute Gasteiger partial charge is 0.378 e. The zero-order valence-corrected chi connectivity index (χ0v) is 15.5. The Balaban J connectivity index is 1.50. The number of sulfonamides is 1. The third-order valence-corrected chi connectivity index (χ3v) is 5.07. The summed E-state index contributed by atoms with van der Waals surface area (Å²) in [4.78, 5) is 22.5. The molecule has 1 aromatic carbocycles. The number of morpholine rings is 1. The van der Waals surface area contributed by atoms with E-state index in [4.69, 9.17) is 9.88 Å². The number of anilines is 1. The van der Waals surface area contributed by atoms with Crippen molar-refractivity contribution in [2.24, 2.45) is 5.14 Å². The number of primary sulfonamides is 1. The predicted octanol–water partition coefficient (Wildman–Crippen LogP) is 0.251. The van der Waals surface area contributed by atoms with E-state index in [9.17, 15) is 13.2 Å². The van der Waals surface area contributed by atoms with Crippen LogP contribution in [0.25, 0.3) is 0 Å². The summed E-state index contributed by atoms with van der Waals surface area (Å²) >= 11 is 0. The maximum absolute atomic E-state index is 12.3. The van der Waals surface area contributed by atoms with Gasteiger partial charge >= 0.3 is 0 Å². The van der Waals surface area contributed by atoms with Crippen molar-refractivity contribution in [2.75, 3.05) is 38.2 Å². The highest BCUT2D eigenvalue weighted by atomic mass is 32.2. The summed E-state index contributed by atoms with van der Waals surface area (Å²) in [7, 11) is -3.68. The van der Waals surface area contributed by atoms with Crippen LogP contribution in [0.4, 0.5) is 5.95 Å². The molecule has 1 aromatic heterocycles. The lowest BCUT2D eigenvalue weighted by Crippen LogP contribution is -2.40. The molecule has 3 rings (SSSR count). The van der Waals surface area contributed by atoms with Crippen LogP contribution in [0.2, 0.25) is 0 Å². The summed E-state index contributed by atoms with van der Waals surface area (Å²) in [6, 6.07) is 6.39. The van der Waals surface area contributed by atoms with Crippen molar-refractivity contribution in [2.45, 2.75) is 11.3 Å². The highest BCUT2D eigenvalue weighted by Crippen LogP contribution is 2.10. The van der Waals surface area contributed by atoms with Crippen LogP contribution in [0.5, 0.6) is 0 Å². The first-order chi connectivity index (χ1) is 12.9. The van der Waals surface area contributed by atoms with Crippen molar-refractivity contribution in [3.8, 4) is 0 Å². The second-order valence-electron chi connectivity index (χ2n) is 6.07. The molecule has 9 nitrogen and oxygen atoms in total. The van der Waals surface area contributed by atoms with E-state index >= 15 is 0 Å². The minimum absolute atomic E-state index is 0.0862. The molecule has 27 heavy (non-hydrogen) atoms. The van der Waals surface area contributed by atoms with Gasteiger partial charge in [0, 0.05) is 32.0 Å². The molecule has 0 bridgehead atoms. The second kappa shape index (κ2) is 8.42. The average Bonchev–Trinajstić information content (AvgIpc) is 2.68. The smallest absolute Gasteiger partial charge is 0.257 e. The molecule has 0 radical (unpaired) electrons. The number of rotatable bonds is 6. The molecule has 1 aliphatic rings. The normalized spacial score (nSPS) is 14.8.